The Hall–Kier alpha value is -6.75. The summed E-state index contributed by atoms with van der Waals surface area (Å²) in [6.07, 6.45) is -1.50. The zero-order valence-corrected chi connectivity index (χ0v) is 56.9. The van der Waals surface area contributed by atoms with Crippen molar-refractivity contribution in [3.8, 4) is 34.3 Å². The molecule has 1 aliphatic carbocycles. The smallest absolute Gasteiger partial charge is 0.478 e. The van der Waals surface area contributed by atoms with Crippen LogP contribution < -0.4 is 38.6 Å². The Labute approximate surface area is 559 Å². The fraction of sp³-hybridized carbons (Fsp3) is 0.451. The number of benzene rings is 3. The topological polar surface area (TPSA) is 593 Å². The molecule has 1 saturated heterocycles. The number of nitrogen functional groups attached to an aromatic ring is 2. The first kappa shape index (κ1) is 79.2. The van der Waals surface area contributed by atoms with Crippen molar-refractivity contribution in [1.82, 2.24) is 25.7 Å². The third-order valence-corrected chi connectivity index (χ3v) is 21.1. The van der Waals surface area contributed by atoms with Crippen LogP contribution in [0.2, 0.25) is 0 Å². The normalized spacial score (nSPS) is 15.9. The molecule has 3 aromatic rings. The number of nitrogens with one attached hydrogen (secondary N) is 4. The van der Waals surface area contributed by atoms with E-state index in [9.17, 15) is 68.8 Å². The van der Waals surface area contributed by atoms with E-state index in [0.717, 1.165) is 28.8 Å². The maximum absolute atomic E-state index is 13.4. The van der Waals surface area contributed by atoms with Gasteiger partial charge in [0.2, 0.25) is 0 Å². The molecule has 2 amide bonds. The van der Waals surface area contributed by atoms with Gasteiger partial charge in [-0.3, -0.25) is 33.3 Å². The number of fused-ring (bicyclic) bond motifs is 2. The molecule has 530 valence electrons. The van der Waals surface area contributed by atoms with Crippen LogP contribution in [0.5, 0.6) is 0 Å². The summed E-state index contributed by atoms with van der Waals surface area (Å²) in [7, 11) is -21.8. The number of aromatic carboxylic acids is 1. The van der Waals surface area contributed by atoms with Crippen LogP contribution in [0.1, 0.15) is 72.0 Å². The number of carbonyl (C=O) groups excluding carboxylic acids is 2. The van der Waals surface area contributed by atoms with Crippen molar-refractivity contribution < 1.29 is 125 Å². The van der Waals surface area contributed by atoms with Crippen molar-refractivity contribution in [1.29, 1.82) is 5.41 Å². The fourth-order valence-electron chi connectivity index (χ4n) is 8.70. The van der Waals surface area contributed by atoms with Gasteiger partial charge in [0.25, 0.3) is 26.1 Å². The number of phosphoric acid groups is 2. The minimum atomic E-state index is -5.37. The van der Waals surface area contributed by atoms with Gasteiger partial charge in [-0.1, -0.05) is 38.5 Å². The van der Waals surface area contributed by atoms with Crippen LogP contribution in [-0.4, -0.2) is 175 Å². The maximum atomic E-state index is 13.4. The van der Waals surface area contributed by atoms with Crippen LogP contribution in [0, 0.1) is 17.3 Å². The number of aromatic nitrogens is 2. The van der Waals surface area contributed by atoms with E-state index >= 15 is 0 Å². The molecule has 2 aliphatic heterocycles. The summed E-state index contributed by atoms with van der Waals surface area (Å²) in [5, 5.41) is 25.8. The molecule has 3 heterocycles. The Morgan fingerprint density at radius 2 is 1.65 bits per heavy atom. The largest absolute Gasteiger partial charge is 0.719 e. The number of azide groups is 1. The molecule has 1 aromatic heterocycles. The summed E-state index contributed by atoms with van der Waals surface area (Å²) in [6, 6.07) is 7.91. The predicted molar refractivity (Wildman–Crippen MR) is 341 cm³/mol. The first-order valence-corrected chi connectivity index (χ1v) is 37.3. The summed E-state index contributed by atoms with van der Waals surface area (Å²) in [6.45, 7) is 4.48. The lowest BCUT2D eigenvalue weighted by molar-refractivity contribution is -0.0598. The van der Waals surface area contributed by atoms with E-state index in [4.69, 9.17) is 74.4 Å². The van der Waals surface area contributed by atoms with E-state index < -0.39 is 137 Å². The number of rotatable bonds is 39. The van der Waals surface area contributed by atoms with E-state index in [2.05, 4.69) is 65.4 Å². The number of alkyl carbamates (subject to hydrolysis) is 1. The summed E-state index contributed by atoms with van der Waals surface area (Å²) >= 11 is 0. The first-order chi connectivity index (χ1) is 45.7. The van der Waals surface area contributed by atoms with Crippen LogP contribution in [0.25, 0.3) is 43.9 Å². The number of carboxylic acids is 1. The van der Waals surface area contributed by atoms with Crippen LogP contribution >= 0.6 is 45.5 Å². The van der Waals surface area contributed by atoms with E-state index in [1.165, 1.54) is 35.2 Å². The predicted octanol–water partition coefficient (Wildman–Crippen LogP) is 4.80. The van der Waals surface area contributed by atoms with Crippen molar-refractivity contribution in [2.45, 2.75) is 72.5 Å². The van der Waals surface area contributed by atoms with Crippen LogP contribution in [-0.2, 0) is 80.3 Å². The van der Waals surface area contributed by atoms with Crippen molar-refractivity contribution in [3.05, 3.63) is 91.6 Å². The SMILES string of the molecule is CC(C)(CCONCCOCCOCCNC(=O)c1ccc(C(=O)O)c(-c2c3ccc(=N)c(S(=O)(=O)O)c-3oc3c(S(=O)(=O)O)c(N)ccc23)c1)SSCOCCCCOC(=O)NCC#Cc1cn(C2C[C@H](OCN=[N+]=[N-])[C@@H](COP(=O)(O)O[P+](=O)OP(=O)(O)O)O2)c(=O)nc1N. The molecule has 0 saturated carbocycles. The molecule has 2 aromatic carbocycles. The molecule has 3 aliphatic rings. The number of ether oxygens (including phenoxy) is 6. The Kier molecular flexibility index (Phi) is 29.7. The molecular formula is C51H65N11O28P3S4+. The van der Waals surface area contributed by atoms with Gasteiger partial charge in [0, 0.05) is 68.6 Å². The molecule has 39 nitrogen and oxygen atoms in total. The lowest BCUT2D eigenvalue weighted by atomic mass is 9.89. The van der Waals surface area contributed by atoms with Crippen molar-refractivity contribution >= 4 is 106 Å². The number of nitrogens with zero attached hydrogens (tertiary/aromatic N) is 5. The van der Waals surface area contributed by atoms with E-state index in [-0.39, 0.29) is 96.3 Å². The number of hydroxylamine groups is 1. The number of carbonyl (C=O) groups is 3. The van der Waals surface area contributed by atoms with E-state index in [1.54, 1.807) is 10.8 Å². The quantitative estimate of drug-likeness (QED) is 0.00204. The van der Waals surface area contributed by atoms with Crippen LogP contribution in [0.3, 0.4) is 0 Å². The van der Waals surface area contributed by atoms with Crippen molar-refractivity contribution in [2.24, 2.45) is 5.11 Å². The van der Waals surface area contributed by atoms with Crippen LogP contribution in [0.4, 0.5) is 16.3 Å². The van der Waals surface area contributed by atoms with Gasteiger partial charge in [-0.2, -0.15) is 21.8 Å². The molecule has 0 radical (unpaired) electrons. The number of nitrogens with two attached hydrogens (primary N) is 2. The number of hydrogen-bond donors (Lipinski definition) is 12. The van der Waals surface area contributed by atoms with Gasteiger partial charge in [-0.15, -0.1) is 0 Å². The number of phosphoric ester groups is 1. The molecule has 0 bridgehead atoms. The molecule has 6 rings (SSSR count). The Morgan fingerprint density at radius 3 is 2.34 bits per heavy atom. The number of carboxylic acid groups (broad SMARTS) is 1. The molecule has 46 heteroatoms. The standard InChI is InChI=1S/C51H64N11O28P3S4/c1-51(2,95-94-29-82-17-3-4-18-83-50(67)57-14-5-6-31-26-62(49(66)60-46(31)54)40-25-38(84-28-58-61-55)39(87-40)27-86-93(72,73)90-91(68)89-92(69,70)71)13-19-85-59-16-21-81-23-22-80-20-15-56-47(63)30-7-8-32(48(64)65)35(24-30)41-33-9-11-36(52)44(96(74,75)76)42(33)88-43-34(41)10-12-37(53)45(43)97(77,78)79/h7-12,24,26,38-40,59H,3-4,13-23,25,27-29H2,1-2H3,(H12-,52,53,54,56,57,60,63,64,65,66,67,69,70,71,72,73,74,75,76,77,78,79)/p+1/t38-,39+,40?/m0/s1. The minimum Gasteiger partial charge on any atom is -0.478 e. The highest BCUT2D eigenvalue weighted by molar-refractivity contribution is 8.77. The lowest BCUT2D eigenvalue weighted by Gasteiger charge is -2.22. The molecule has 14 N–H and O–H groups in total. The second-order valence-corrected chi connectivity index (χ2v) is 30.0. The fourth-order valence-corrected chi connectivity index (χ4v) is 14.7. The number of amides is 2. The highest BCUT2D eigenvalue weighted by Gasteiger charge is 2.46. The maximum Gasteiger partial charge on any atom is 0.719 e. The molecule has 97 heavy (non-hydrogen) atoms. The lowest BCUT2D eigenvalue weighted by Crippen LogP contribution is -2.29. The molecule has 5 atom stereocenters. The minimum absolute atomic E-state index is 0.00437. The monoisotopic (exact) mass is 1500 g/mol. The summed E-state index contributed by atoms with van der Waals surface area (Å²) in [4.78, 5) is 88.2. The Morgan fingerprint density at radius 1 is 0.938 bits per heavy atom. The zero-order chi connectivity index (χ0) is 71.3. The van der Waals surface area contributed by atoms with Crippen molar-refractivity contribution in [2.75, 3.05) is 96.6 Å². The number of anilines is 2. The van der Waals surface area contributed by atoms with Gasteiger partial charge in [-0.05, 0) is 95.3 Å². The van der Waals surface area contributed by atoms with Gasteiger partial charge in [-0.25, -0.2) is 29.0 Å². The van der Waals surface area contributed by atoms with Gasteiger partial charge in [0.05, 0.1) is 81.1 Å². The number of unbranched alkanes of at least 4 members (excludes halogenated alkanes) is 1. The molecule has 1 fully saturated rings. The average Bonchev–Trinajstić information content (AvgIpc) is 1.18. The first-order valence-electron chi connectivity index (χ1n) is 28.0. The second kappa shape index (κ2) is 36.4. The summed E-state index contributed by atoms with van der Waals surface area (Å²) in [5.41, 5.74) is 20.0. The van der Waals surface area contributed by atoms with E-state index in [1.807, 2.05) is 0 Å². The number of hydrogen-bond acceptors (Lipinski definition) is 30. The molecular weight excluding hydrogens is 1440 g/mol. The van der Waals surface area contributed by atoms with Gasteiger partial charge >= 0.3 is 41.7 Å². The van der Waals surface area contributed by atoms with Crippen molar-refractivity contribution in [3.63, 3.8) is 0 Å². The molecule has 0 spiro atoms. The summed E-state index contributed by atoms with van der Waals surface area (Å²) in [5.74, 6) is 2.48. The highest BCUT2D eigenvalue weighted by atomic mass is 33.1. The summed E-state index contributed by atoms with van der Waals surface area (Å²) < 4.78 is 157. The second-order valence-electron chi connectivity index (χ2n) is 20.4. The van der Waals surface area contributed by atoms with E-state index in [0.29, 0.717) is 45.0 Å². The third kappa shape index (κ3) is 24.6. The highest BCUT2D eigenvalue weighted by Crippen LogP contribution is 2.58. The molecule has 3 unspecified atom stereocenters. The van der Waals surface area contributed by atoms with Gasteiger partial charge in [0.15, 0.2) is 21.1 Å². The van der Waals surface area contributed by atoms with Gasteiger partial charge in [0.1, 0.15) is 30.8 Å². The Bertz CT molecular complexity index is 4220. The average molecular weight is 1500 g/mol. The Balaban J connectivity index is 0.808. The third-order valence-electron chi connectivity index (χ3n) is 13.0. The zero-order valence-electron chi connectivity index (χ0n) is 50.9. The van der Waals surface area contributed by atoms with Crippen LogP contribution in [0.15, 0.2) is 72.8 Å². The van der Waals surface area contributed by atoms with Gasteiger partial charge < -0.3 is 74.7 Å².